The fraction of sp³-hybridized carbons (Fsp3) is 0.533. The number of rotatable bonds is 6. The van der Waals surface area contributed by atoms with Crippen LogP contribution in [0.15, 0.2) is 24.3 Å². The van der Waals surface area contributed by atoms with Crippen LogP contribution in [-0.4, -0.2) is 19.0 Å². The minimum atomic E-state index is -0.401. The molecule has 104 valence electrons. The van der Waals surface area contributed by atoms with Gasteiger partial charge < -0.3 is 10.6 Å². The summed E-state index contributed by atoms with van der Waals surface area (Å²) in [4.78, 5) is 11.6. The highest BCUT2D eigenvalue weighted by molar-refractivity contribution is 5.92. The van der Waals surface area contributed by atoms with E-state index in [4.69, 9.17) is 0 Å². The number of halogens is 1. The number of para-hydroxylation sites is 1. The van der Waals surface area contributed by atoms with Crippen molar-refractivity contribution in [1.29, 1.82) is 0 Å². The van der Waals surface area contributed by atoms with E-state index in [1.54, 1.807) is 18.2 Å². The molecule has 0 radical (unpaired) electrons. The molecule has 0 saturated heterocycles. The van der Waals surface area contributed by atoms with Crippen molar-refractivity contribution in [2.75, 3.05) is 18.4 Å². The van der Waals surface area contributed by atoms with E-state index in [0.29, 0.717) is 0 Å². The van der Waals surface area contributed by atoms with E-state index < -0.39 is 5.82 Å². The molecule has 1 saturated carbocycles. The molecule has 2 rings (SSSR count). The Kier molecular flexibility index (Phi) is 5.33. The van der Waals surface area contributed by atoms with E-state index in [1.165, 1.54) is 31.7 Å². The molecular weight excluding hydrogens is 243 g/mol. The molecule has 0 spiro atoms. The quantitative estimate of drug-likeness (QED) is 0.776. The van der Waals surface area contributed by atoms with Crippen LogP contribution >= 0.6 is 0 Å². The third-order valence-electron chi connectivity index (χ3n) is 3.64. The molecule has 3 nitrogen and oxygen atoms in total. The van der Waals surface area contributed by atoms with Crippen LogP contribution in [0.1, 0.15) is 32.1 Å². The average Bonchev–Trinajstić information content (AvgIpc) is 2.91. The van der Waals surface area contributed by atoms with Gasteiger partial charge in [0, 0.05) is 0 Å². The summed E-state index contributed by atoms with van der Waals surface area (Å²) in [6.07, 6.45) is 6.47. The maximum atomic E-state index is 13.3. The number of carbonyl (C=O) groups excluding carboxylic acids is 1. The van der Waals surface area contributed by atoms with Crippen LogP contribution < -0.4 is 10.6 Å². The van der Waals surface area contributed by atoms with Gasteiger partial charge in [0.15, 0.2) is 0 Å². The van der Waals surface area contributed by atoms with Gasteiger partial charge in [-0.05, 0) is 31.0 Å². The normalized spacial score (nSPS) is 15.6. The first-order valence-corrected chi connectivity index (χ1v) is 7.01. The smallest absolute Gasteiger partial charge is 0.238 e. The van der Waals surface area contributed by atoms with Crippen molar-refractivity contribution in [3.8, 4) is 0 Å². The monoisotopic (exact) mass is 264 g/mol. The van der Waals surface area contributed by atoms with Crippen molar-refractivity contribution in [1.82, 2.24) is 5.32 Å². The maximum absolute atomic E-state index is 13.3. The molecule has 0 aliphatic heterocycles. The first kappa shape index (κ1) is 14.0. The molecule has 0 unspecified atom stereocenters. The van der Waals surface area contributed by atoms with Crippen molar-refractivity contribution in [2.45, 2.75) is 32.1 Å². The maximum Gasteiger partial charge on any atom is 0.238 e. The first-order chi connectivity index (χ1) is 9.25. The third kappa shape index (κ3) is 4.63. The standard InChI is InChI=1S/C15H21FN2O/c16-13-7-3-4-8-14(13)18-15(19)11-17-10-9-12-5-1-2-6-12/h3-4,7-8,12,17H,1-2,5-6,9-11H2,(H,18,19). The van der Waals surface area contributed by atoms with Crippen LogP contribution in [-0.2, 0) is 4.79 Å². The van der Waals surface area contributed by atoms with E-state index in [1.807, 2.05) is 0 Å². The van der Waals surface area contributed by atoms with Crippen LogP contribution in [0.2, 0.25) is 0 Å². The van der Waals surface area contributed by atoms with Gasteiger partial charge in [-0.15, -0.1) is 0 Å². The van der Waals surface area contributed by atoms with Gasteiger partial charge in [0.25, 0.3) is 0 Å². The summed E-state index contributed by atoms with van der Waals surface area (Å²) in [5, 5.41) is 5.68. The Bertz CT molecular complexity index is 416. The second-order valence-corrected chi connectivity index (χ2v) is 5.14. The SMILES string of the molecule is O=C(CNCCC1CCCC1)Nc1ccccc1F. The average molecular weight is 264 g/mol. The predicted octanol–water partition coefficient (Wildman–Crippen LogP) is 2.93. The predicted molar refractivity (Wildman–Crippen MR) is 74.5 cm³/mol. The summed E-state index contributed by atoms with van der Waals surface area (Å²) in [5.74, 6) is 0.223. The van der Waals surface area contributed by atoms with Crippen LogP contribution in [0.3, 0.4) is 0 Å². The van der Waals surface area contributed by atoms with Gasteiger partial charge in [-0.1, -0.05) is 37.8 Å². The minimum Gasteiger partial charge on any atom is -0.322 e. The molecule has 0 atom stereocenters. The van der Waals surface area contributed by atoms with Crippen molar-refractivity contribution < 1.29 is 9.18 Å². The second-order valence-electron chi connectivity index (χ2n) is 5.14. The largest absolute Gasteiger partial charge is 0.322 e. The fourth-order valence-corrected chi connectivity index (χ4v) is 2.56. The minimum absolute atomic E-state index is 0.198. The summed E-state index contributed by atoms with van der Waals surface area (Å²) in [7, 11) is 0. The Morgan fingerprint density at radius 3 is 2.74 bits per heavy atom. The molecule has 0 bridgehead atoms. The van der Waals surface area contributed by atoms with Gasteiger partial charge in [0.05, 0.1) is 12.2 Å². The molecular formula is C15H21FN2O. The molecule has 1 amide bonds. The Balaban J connectivity index is 1.63. The summed E-state index contributed by atoms with van der Waals surface area (Å²) >= 11 is 0. The molecule has 0 aromatic heterocycles. The zero-order valence-electron chi connectivity index (χ0n) is 11.1. The number of anilines is 1. The fourth-order valence-electron chi connectivity index (χ4n) is 2.56. The molecule has 1 aromatic rings. The van der Waals surface area contributed by atoms with E-state index in [-0.39, 0.29) is 18.1 Å². The Morgan fingerprint density at radius 1 is 1.26 bits per heavy atom. The lowest BCUT2D eigenvalue weighted by atomic mass is 10.0. The number of amides is 1. The van der Waals surface area contributed by atoms with Crippen molar-refractivity contribution >= 4 is 11.6 Å². The van der Waals surface area contributed by atoms with Gasteiger partial charge in [-0.2, -0.15) is 0 Å². The number of hydrogen-bond donors (Lipinski definition) is 2. The molecule has 1 fully saturated rings. The van der Waals surface area contributed by atoms with E-state index in [0.717, 1.165) is 18.9 Å². The van der Waals surface area contributed by atoms with E-state index >= 15 is 0 Å². The zero-order chi connectivity index (χ0) is 13.5. The van der Waals surface area contributed by atoms with Gasteiger partial charge in [0.2, 0.25) is 5.91 Å². The van der Waals surface area contributed by atoms with Crippen LogP contribution in [0.5, 0.6) is 0 Å². The summed E-state index contributed by atoms with van der Waals surface area (Å²) in [6, 6.07) is 6.20. The lowest BCUT2D eigenvalue weighted by Crippen LogP contribution is -2.29. The summed E-state index contributed by atoms with van der Waals surface area (Å²) in [5.41, 5.74) is 0.241. The van der Waals surface area contributed by atoms with Crippen LogP contribution in [0, 0.1) is 11.7 Å². The van der Waals surface area contributed by atoms with Crippen molar-refractivity contribution in [3.63, 3.8) is 0 Å². The summed E-state index contributed by atoms with van der Waals surface area (Å²) in [6.45, 7) is 1.09. The Morgan fingerprint density at radius 2 is 2.00 bits per heavy atom. The highest BCUT2D eigenvalue weighted by Crippen LogP contribution is 2.26. The molecule has 1 aromatic carbocycles. The van der Waals surface area contributed by atoms with Crippen LogP contribution in [0.25, 0.3) is 0 Å². The zero-order valence-corrected chi connectivity index (χ0v) is 11.1. The molecule has 1 aliphatic carbocycles. The number of nitrogens with one attached hydrogen (secondary N) is 2. The van der Waals surface area contributed by atoms with Gasteiger partial charge in [0.1, 0.15) is 5.82 Å². The molecule has 4 heteroatoms. The van der Waals surface area contributed by atoms with Gasteiger partial charge >= 0.3 is 0 Å². The van der Waals surface area contributed by atoms with Crippen LogP contribution in [0.4, 0.5) is 10.1 Å². The molecule has 2 N–H and O–H groups in total. The number of benzene rings is 1. The highest BCUT2D eigenvalue weighted by Gasteiger charge is 2.14. The Hall–Kier alpha value is -1.42. The lowest BCUT2D eigenvalue weighted by Gasteiger charge is -2.10. The van der Waals surface area contributed by atoms with Gasteiger partial charge in [-0.25, -0.2) is 4.39 Å². The number of carbonyl (C=O) groups is 1. The lowest BCUT2D eigenvalue weighted by molar-refractivity contribution is -0.115. The van der Waals surface area contributed by atoms with Crippen molar-refractivity contribution in [2.24, 2.45) is 5.92 Å². The first-order valence-electron chi connectivity index (χ1n) is 7.01. The Labute approximate surface area is 113 Å². The topological polar surface area (TPSA) is 41.1 Å². The van der Waals surface area contributed by atoms with E-state index in [9.17, 15) is 9.18 Å². The third-order valence-corrected chi connectivity index (χ3v) is 3.64. The number of hydrogen-bond acceptors (Lipinski definition) is 2. The van der Waals surface area contributed by atoms with Gasteiger partial charge in [-0.3, -0.25) is 4.79 Å². The molecule has 19 heavy (non-hydrogen) atoms. The van der Waals surface area contributed by atoms with Crippen molar-refractivity contribution in [3.05, 3.63) is 30.1 Å². The molecule has 1 aliphatic rings. The van der Waals surface area contributed by atoms with E-state index in [2.05, 4.69) is 10.6 Å². The highest BCUT2D eigenvalue weighted by atomic mass is 19.1. The molecule has 0 heterocycles. The summed E-state index contributed by atoms with van der Waals surface area (Å²) < 4.78 is 13.3. The second kappa shape index (κ2) is 7.24.